The molecule has 0 saturated heterocycles. The van der Waals surface area contributed by atoms with Gasteiger partial charge in [0.15, 0.2) is 5.78 Å². The minimum Gasteiger partial charge on any atom is -0.392 e. The van der Waals surface area contributed by atoms with Crippen molar-refractivity contribution < 1.29 is 9.90 Å². The van der Waals surface area contributed by atoms with E-state index >= 15 is 0 Å². The summed E-state index contributed by atoms with van der Waals surface area (Å²) in [5, 5.41) is 10.5. The van der Waals surface area contributed by atoms with Crippen LogP contribution in [0.4, 0.5) is 0 Å². The molecule has 1 fully saturated rings. The zero-order valence-electron chi connectivity index (χ0n) is 10.6. The molecule has 3 rings (SSSR count). The van der Waals surface area contributed by atoms with Crippen molar-refractivity contribution in [2.24, 2.45) is 11.8 Å². The van der Waals surface area contributed by atoms with Crippen LogP contribution in [-0.4, -0.2) is 17.0 Å². The first-order valence-corrected chi connectivity index (χ1v) is 7.07. The van der Waals surface area contributed by atoms with Gasteiger partial charge in [0.05, 0.1) is 12.0 Å². The highest BCUT2D eigenvalue weighted by atomic mass is 16.3. The lowest BCUT2D eigenvalue weighted by Gasteiger charge is -2.29. The number of hydrogen-bond donors (Lipinski definition) is 1. The van der Waals surface area contributed by atoms with Gasteiger partial charge in [-0.05, 0) is 30.7 Å². The van der Waals surface area contributed by atoms with Gasteiger partial charge in [0.2, 0.25) is 0 Å². The lowest BCUT2D eigenvalue weighted by molar-refractivity contribution is 0.0340. The standard InChI is InChI=1S/C16H20O2/c17-15(11-6-2-1-3-7-11)14-10-12-8-4-5-9-13(12)16(14)18/h4-5,8-9,11,14-15,17H,1-3,6-7,10H2/t14-,15-/m0/s1. The topological polar surface area (TPSA) is 37.3 Å². The van der Waals surface area contributed by atoms with E-state index in [0.717, 1.165) is 30.4 Å². The van der Waals surface area contributed by atoms with E-state index in [-0.39, 0.29) is 11.7 Å². The minimum atomic E-state index is -0.440. The molecule has 0 unspecified atom stereocenters. The highest BCUT2D eigenvalue weighted by Gasteiger charge is 2.38. The van der Waals surface area contributed by atoms with Crippen LogP contribution < -0.4 is 0 Å². The van der Waals surface area contributed by atoms with Gasteiger partial charge in [0.1, 0.15) is 0 Å². The largest absolute Gasteiger partial charge is 0.392 e. The molecular weight excluding hydrogens is 224 g/mol. The van der Waals surface area contributed by atoms with Gasteiger partial charge in [-0.3, -0.25) is 4.79 Å². The average molecular weight is 244 g/mol. The first-order chi connectivity index (χ1) is 8.77. The van der Waals surface area contributed by atoms with Gasteiger partial charge >= 0.3 is 0 Å². The van der Waals surface area contributed by atoms with E-state index in [1.54, 1.807) is 0 Å². The lowest BCUT2D eigenvalue weighted by Crippen LogP contribution is -2.34. The molecule has 1 aromatic rings. The van der Waals surface area contributed by atoms with Crippen molar-refractivity contribution in [2.75, 3.05) is 0 Å². The molecule has 18 heavy (non-hydrogen) atoms. The maximum Gasteiger partial charge on any atom is 0.169 e. The molecule has 0 spiro atoms. The fraction of sp³-hybridized carbons (Fsp3) is 0.562. The van der Waals surface area contributed by atoms with Crippen molar-refractivity contribution >= 4 is 5.78 Å². The van der Waals surface area contributed by atoms with E-state index in [9.17, 15) is 9.90 Å². The summed E-state index contributed by atoms with van der Waals surface area (Å²) in [5.41, 5.74) is 1.94. The SMILES string of the molecule is O=C1c2ccccc2C[C@H]1[C@@H](O)C1CCCCC1. The Morgan fingerprint density at radius 1 is 1.11 bits per heavy atom. The van der Waals surface area contributed by atoms with E-state index in [0.29, 0.717) is 5.92 Å². The van der Waals surface area contributed by atoms with E-state index in [1.165, 1.54) is 19.3 Å². The molecular formula is C16H20O2. The third-order valence-corrected chi connectivity index (χ3v) is 4.60. The number of carbonyl (C=O) groups excluding carboxylic acids is 1. The Bertz CT molecular complexity index is 446. The third-order valence-electron chi connectivity index (χ3n) is 4.60. The molecule has 2 atom stereocenters. The van der Waals surface area contributed by atoms with Crippen molar-refractivity contribution in [3.8, 4) is 0 Å². The summed E-state index contributed by atoms with van der Waals surface area (Å²) in [5.74, 6) is 0.302. The minimum absolute atomic E-state index is 0.156. The van der Waals surface area contributed by atoms with Gasteiger partial charge in [0.25, 0.3) is 0 Å². The molecule has 0 amide bonds. The molecule has 2 aliphatic rings. The second-order valence-corrected chi connectivity index (χ2v) is 5.72. The molecule has 1 N–H and O–H groups in total. The van der Waals surface area contributed by atoms with Crippen molar-refractivity contribution in [2.45, 2.75) is 44.6 Å². The Kier molecular flexibility index (Phi) is 3.21. The van der Waals surface area contributed by atoms with Crippen molar-refractivity contribution in [3.63, 3.8) is 0 Å². The van der Waals surface area contributed by atoms with Crippen LogP contribution in [0, 0.1) is 11.8 Å². The van der Waals surface area contributed by atoms with E-state index in [2.05, 4.69) is 0 Å². The lowest BCUT2D eigenvalue weighted by atomic mass is 9.79. The maximum atomic E-state index is 12.3. The highest BCUT2D eigenvalue weighted by Crippen LogP contribution is 2.35. The number of ketones is 1. The van der Waals surface area contributed by atoms with Crippen LogP contribution in [0.1, 0.15) is 48.0 Å². The number of fused-ring (bicyclic) bond motifs is 1. The number of aliphatic hydroxyl groups is 1. The van der Waals surface area contributed by atoms with E-state index in [4.69, 9.17) is 0 Å². The number of benzene rings is 1. The zero-order valence-corrected chi connectivity index (χ0v) is 10.6. The molecule has 0 bridgehead atoms. The summed E-state index contributed by atoms with van der Waals surface area (Å²) >= 11 is 0. The van der Waals surface area contributed by atoms with E-state index in [1.807, 2.05) is 24.3 Å². The maximum absolute atomic E-state index is 12.3. The number of rotatable bonds is 2. The van der Waals surface area contributed by atoms with Crippen LogP contribution in [0.2, 0.25) is 0 Å². The summed E-state index contributed by atoms with van der Waals surface area (Å²) in [6.07, 6.45) is 6.15. The first kappa shape index (κ1) is 11.9. The molecule has 2 heteroatoms. The second-order valence-electron chi connectivity index (χ2n) is 5.72. The Morgan fingerprint density at radius 2 is 1.83 bits per heavy atom. The van der Waals surface area contributed by atoms with Gasteiger partial charge in [-0.15, -0.1) is 0 Å². The zero-order chi connectivity index (χ0) is 12.5. The summed E-state index contributed by atoms with van der Waals surface area (Å²) in [6.45, 7) is 0. The smallest absolute Gasteiger partial charge is 0.169 e. The number of aliphatic hydroxyl groups excluding tert-OH is 1. The van der Waals surface area contributed by atoms with Crippen LogP contribution in [-0.2, 0) is 6.42 Å². The number of carbonyl (C=O) groups is 1. The Balaban J connectivity index is 1.77. The van der Waals surface area contributed by atoms with Crippen molar-refractivity contribution in [1.82, 2.24) is 0 Å². The van der Waals surface area contributed by atoms with Gasteiger partial charge in [0, 0.05) is 5.56 Å². The fourth-order valence-electron chi connectivity index (χ4n) is 3.55. The molecule has 0 aromatic heterocycles. The fourth-order valence-corrected chi connectivity index (χ4v) is 3.55. The molecule has 2 aliphatic carbocycles. The Morgan fingerprint density at radius 3 is 2.56 bits per heavy atom. The van der Waals surface area contributed by atoms with Gasteiger partial charge < -0.3 is 5.11 Å². The summed E-state index contributed by atoms with van der Waals surface area (Å²) < 4.78 is 0. The van der Waals surface area contributed by atoms with Crippen molar-refractivity contribution in [3.05, 3.63) is 35.4 Å². The highest BCUT2D eigenvalue weighted by molar-refractivity contribution is 6.02. The molecule has 0 heterocycles. The van der Waals surface area contributed by atoms with Gasteiger partial charge in [-0.25, -0.2) is 0 Å². The van der Waals surface area contributed by atoms with Crippen LogP contribution in [0.15, 0.2) is 24.3 Å². The molecule has 96 valence electrons. The van der Waals surface area contributed by atoms with Gasteiger partial charge in [-0.2, -0.15) is 0 Å². The monoisotopic (exact) mass is 244 g/mol. The average Bonchev–Trinajstić information content (AvgIpc) is 2.77. The van der Waals surface area contributed by atoms with Crippen LogP contribution in [0.5, 0.6) is 0 Å². The number of Topliss-reactive ketones (excluding diaryl/α,β-unsaturated/α-hetero) is 1. The molecule has 2 nitrogen and oxygen atoms in total. The number of hydrogen-bond acceptors (Lipinski definition) is 2. The van der Waals surface area contributed by atoms with Crippen LogP contribution in [0.3, 0.4) is 0 Å². The second kappa shape index (κ2) is 4.85. The summed E-state index contributed by atoms with van der Waals surface area (Å²) in [4.78, 5) is 12.3. The Labute approximate surface area is 108 Å². The quantitative estimate of drug-likeness (QED) is 0.868. The Hall–Kier alpha value is -1.15. The van der Waals surface area contributed by atoms with Gasteiger partial charge in [-0.1, -0.05) is 43.5 Å². The third kappa shape index (κ3) is 1.99. The molecule has 0 radical (unpaired) electrons. The molecule has 1 saturated carbocycles. The first-order valence-electron chi connectivity index (χ1n) is 7.07. The van der Waals surface area contributed by atoms with E-state index < -0.39 is 6.10 Å². The van der Waals surface area contributed by atoms with Crippen molar-refractivity contribution in [1.29, 1.82) is 0 Å². The molecule has 0 aliphatic heterocycles. The predicted octanol–water partition coefficient (Wildman–Crippen LogP) is 2.98. The van der Waals surface area contributed by atoms with Crippen LogP contribution in [0.25, 0.3) is 0 Å². The normalized spacial score (nSPS) is 26.1. The predicted molar refractivity (Wildman–Crippen MR) is 70.5 cm³/mol. The summed E-state index contributed by atoms with van der Waals surface area (Å²) in [6, 6.07) is 7.79. The summed E-state index contributed by atoms with van der Waals surface area (Å²) in [7, 11) is 0. The van der Waals surface area contributed by atoms with Crippen LogP contribution >= 0.6 is 0 Å². The molecule has 1 aromatic carbocycles.